The van der Waals surface area contributed by atoms with Crippen molar-refractivity contribution in [3.63, 3.8) is 0 Å². The molecule has 0 atom stereocenters. The van der Waals surface area contributed by atoms with Gasteiger partial charge in [-0.05, 0) is 80.4 Å². The quantitative estimate of drug-likeness (QED) is 0.188. The monoisotopic (exact) mass is 635 g/mol. The lowest BCUT2D eigenvalue weighted by atomic mass is 9.89. The molecule has 0 fully saturated rings. The Hall–Kier alpha value is -6.64. The minimum absolute atomic E-state index is 0.908. The molecule has 1 aliphatic rings. The maximum absolute atomic E-state index is 6.42. The van der Waals surface area contributed by atoms with Crippen molar-refractivity contribution in [2.24, 2.45) is 0 Å². The van der Waals surface area contributed by atoms with Gasteiger partial charge in [0.15, 0.2) is 0 Å². The molecule has 10 aromatic rings. The second kappa shape index (κ2) is 10.4. The first-order valence-corrected chi connectivity index (χ1v) is 17.2. The van der Waals surface area contributed by atoms with Gasteiger partial charge in [-0.1, -0.05) is 140 Å². The summed E-state index contributed by atoms with van der Waals surface area (Å²) in [4.78, 5) is 0. The van der Waals surface area contributed by atoms with Gasteiger partial charge in [0.25, 0.3) is 0 Å². The molecule has 232 valence electrons. The number of rotatable bonds is 3. The smallest absolute Gasteiger partial charge is 0.135 e. The third-order valence-electron chi connectivity index (χ3n) is 10.6. The minimum atomic E-state index is 0.908. The zero-order valence-electron chi connectivity index (χ0n) is 27.1. The van der Waals surface area contributed by atoms with E-state index in [0.717, 1.165) is 17.1 Å². The van der Waals surface area contributed by atoms with Crippen LogP contribution in [0.4, 0.5) is 0 Å². The zero-order chi connectivity index (χ0) is 32.8. The second-order valence-electron chi connectivity index (χ2n) is 13.2. The highest BCUT2D eigenvalue weighted by atomic mass is 16.5. The molecule has 50 heavy (non-hydrogen) atoms. The number of ether oxygens (including phenoxy) is 1. The number of benzene rings is 9. The normalized spacial score (nSPS) is 12.2. The summed E-state index contributed by atoms with van der Waals surface area (Å²) >= 11 is 0. The Morgan fingerprint density at radius 3 is 1.90 bits per heavy atom. The van der Waals surface area contributed by atoms with Crippen molar-refractivity contribution in [1.29, 1.82) is 0 Å². The molecule has 0 saturated heterocycles. The summed E-state index contributed by atoms with van der Waals surface area (Å²) in [6.45, 7) is 0. The highest BCUT2D eigenvalue weighted by molar-refractivity contribution is 6.26. The van der Waals surface area contributed by atoms with E-state index in [2.05, 4.69) is 174 Å². The fourth-order valence-electron chi connectivity index (χ4n) is 8.39. The third kappa shape index (κ3) is 3.85. The number of aromatic nitrogens is 1. The molecule has 0 N–H and O–H groups in total. The minimum Gasteiger partial charge on any atom is -0.456 e. The molecule has 2 nitrogen and oxygen atoms in total. The van der Waals surface area contributed by atoms with Crippen LogP contribution in [0, 0.1) is 0 Å². The molecular weight excluding hydrogens is 607 g/mol. The molecule has 9 aromatic carbocycles. The van der Waals surface area contributed by atoms with Gasteiger partial charge in [-0.15, -0.1) is 0 Å². The number of hydrogen-bond donors (Lipinski definition) is 0. The average Bonchev–Trinajstić information content (AvgIpc) is 3.53. The van der Waals surface area contributed by atoms with Gasteiger partial charge in [0, 0.05) is 38.2 Å². The lowest BCUT2D eigenvalue weighted by molar-refractivity contribution is 0.487. The average molecular weight is 636 g/mol. The van der Waals surface area contributed by atoms with Gasteiger partial charge < -0.3 is 9.30 Å². The van der Waals surface area contributed by atoms with Crippen LogP contribution in [0.1, 0.15) is 0 Å². The second-order valence-corrected chi connectivity index (χ2v) is 13.2. The van der Waals surface area contributed by atoms with Gasteiger partial charge in [-0.2, -0.15) is 0 Å². The van der Waals surface area contributed by atoms with Crippen LogP contribution in [0.25, 0.3) is 93.2 Å². The predicted molar refractivity (Wildman–Crippen MR) is 210 cm³/mol. The number of fused-ring (bicyclic) bond motifs is 9. The van der Waals surface area contributed by atoms with Gasteiger partial charge in [0.1, 0.15) is 11.5 Å². The van der Waals surface area contributed by atoms with Crippen molar-refractivity contribution in [3.8, 4) is 50.6 Å². The molecule has 2 heterocycles. The van der Waals surface area contributed by atoms with Crippen LogP contribution in [-0.2, 0) is 0 Å². The Balaban J connectivity index is 1.18. The summed E-state index contributed by atoms with van der Waals surface area (Å²) in [5.74, 6) is 1.82. The van der Waals surface area contributed by atoms with Crippen molar-refractivity contribution in [3.05, 3.63) is 176 Å². The van der Waals surface area contributed by atoms with Crippen LogP contribution in [0.2, 0.25) is 0 Å². The van der Waals surface area contributed by atoms with E-state index in [4.69, 9.17) is 4.74 Å². The van der Waals surface area contributed by atoms with Gasteiger partial charge in [0.2, 0.25) is 0 Å². The Labute approximate surface area is 289 Å². The zero-order valence-corrected chi connectivity index (χ0v) is 27.1. The number of para-hydroxylation sites is 2. The maximum atomic E-state index is 6.42. The van der Waals surface area contributed by atoms with Crippen LogP contribution >= 0.6 is 0 Å². The van der Waals surface area contributed by atoms with Gasteiger partial charge in [0.05, 0.1) is 11.0 Å². The van der Waals surface area contributed by atoms with E-state index in [0.29, 0.717) is 0 Å². The van der Waals surface area contributed by atoms with E-state index in [1.165, 1.54) is 87.6 Å². The van der Waals surface area contributed by atoms with Crippen LogP contribution in [-0.4, -0.2) is 4.57 Å². The summed E-state index contributed by atoms with van der Waals surface area (Å²) in [5, 5.41) is 9.86. The molecule has 0 radical (unpaired) electrons. The topological polar surface area (TPSA) is 14.2 Å². The van der Waals surface area contributed by atoms with Gasteiger partial charge in [-0.3, -0.25) is 0 Å². The molecule has 0 amide bonds. The van der Waals surface area contributed by atoms with E-state index in [9.17, 15) is 0 Å². The van der Waals surface area contributed by atoms with Crippen LogP contribution in [0.15, 0.2) is 176 Å². The molecule has 0 spiro atoms. The van der Waals surface area contributed by atoms with E-state index >= 15 is 0 Å². The fraction of sp³-hybridized carbons (Fsp3) is 0. The van der Waals surface area contributed by atoms with Gasteiger partial charge >= 0.3 is 0 Å². The lowest BCUT2D eigenvalue weighted by Gasteiger charge is -2.22. The Kier molecular flexibility index (Phi) is 5.70. The summed E-state index contributed by atoms with van der Waals surface area (Å²) in [5.41, 5.74) is 10.8. The Bertz CT molecular complexity index is 3010. The first-order valence-electron chi connectivity index (χ1n) is 17.2. The van der Waals surface area contributed by atoms with Crippen molar-refractivity contribution < 1.29 is 4.74 Å². The summed E-state index contributed by atoms with van der Waals surface area (Å²) in [7, 11) is 0. The Morgan fingerprint density at radius 2 is 1.00 bits per heavy atom. The van der Waals surface area contributed by atoms with Crippen molar-refractivity contribution in [2.75, 3.05) is 0 Å². The number of hydrogen-bond acceptors (Lipinski definition) is 1. The fourth-order valence-corrected chi connectivity index (χ4v) is 8.39. The number of nitrogens with zero attached hydrogens (tertiary/aromatic N) is 1. The molecule has 1 aliphatic heterocycles. The summed E-state index contributed by atoms with van der Waals surface area (Å²) in [6.07, 6.45) is 0. The van der Waals surface area contributed by atoms with Crippen molar-refractivity contribution in [1.82, 2.24) is 4.57 Å². The molecule has 0 aliphatic carbocycles. The maximum Gasteiger partial charge on any atom is 0.135 e. The first kappa shape index (κ1) is 27.3. The standard InChI is InChI=1S/C48H29NO/c1-2-15-33(16-3-1)49-47-35-17-5-4-12-30(35)24-25-41(47)43-29-42(36-18-6-7-20-40(36)48(43)49)32-14-10-13-31(28-32)34-26-27-45-46-38(34)21-11-22-39(46)37-19-8-9-23-44(37)50-45/h1-29H. The van der Waals surface area contributed by atoms with Crippen molar-refractivity contribution >= 4 is 54.1 Å². The van der Waals surface area contributed by atoms with E-state index in [-0.39, 0.29) is 0 Å². The van der Waals surface area contributed by atoms with E-state index < -0.39 is 0 Å². The molecule has 0 saturated carbocycles. The largest absolute Gasteiger partial charge is 0.456 e. The van der Waals surface area contributed by atoms with Crippen LogP contribution < -0.4 is 4.74 Å². The van der Waals surface area contributed by atoms with E-state index in [1.54, 1.807) is 0 Å². The SMILES string of the molecule is c1ccc(-n2c3c4ccccc4ccc3c3cc(-c4cccc(-c5ccc6c7c(cccc57)-c5ccccc5O6)c4)c4ccccc4c32)cc1. The molecule has 1 aromatic heterocycles. The van der Waals surface area contributed by atoms with Crippen LogP contribution in [0.5, 0.6) is 11.5 Å². The highest BCUT2D eigenvalue weighted by Gasteiger charge is 2.22. The van der Waals surface area contributed by atoms with Crippen LogP contribution in [0.3, 0.4) is 0 Å². The molecule has 2 heteroatoms. The molecule has 0 unspecified atom stereocenters. The highest BCUT2D eigenvalue weighted by Crippen LogP contribution is 2.49. The van der Waals surface area contributed by atoms with Gasteiger partial charge in [-0.25, -0.2) is 0 Å². The van der Waals surface area contributed by atoms with E-state index in [1.807, 2.05) is 6.07 Å². The summed E-state index contributed by atoms with van der Waals surface area (Å²) < 4.78 is 8.89. The lowest BCUT2D eigenvalue weighted by Crippen LogP contribution is -1.97. The molecule has 11 rings (SSSR count). The predicted octanol–water partition coefficient (Wildman–Crippen LogP) is 13.3. The van der Waals surface area contributed by atoms with Crippen molar-refractivity contribution in [2.45, 2.75) is 0 Å². The molecule has 0 bridgehead atoms. The molecular formula is C48H29NO. The summed E-state index contributed by atoms with van der Waals surface area (Å²) in [6, 6.07) is 63.8. The third-order valence-corrected chi connectivity index (χ3v) is 10.6. The first-order chi connectivity index (χ1) is 24.8. The Morgan fingerprint density at radius 1 is 0.340 bits per heavy atom.